The molecule has 0 N–H and O–H groups in total. The van der Waals surface area contributed by atoms with Gasteiger partial charge in [0.15, 0.2) is 0 Å². The first-order valence-corrected chi connectivity index (χ1v) is 17.9. The van der Waals surface area contributed by atoms with E-state index in [9.17, 15) is 15.8 Å². The Morgan fingerprint density at radius 1 is 0.788 bits per heavy atom. The predicted octanol–water partition coefficient (Wildman–Crippen LogP) is 11.1. The summed E-state index contributed by atoms with van der Waals surface area (Å²) in [6.07, 6.45) is 10.2. The number of para-hydroxylation sites is 3. The summed E-state index contributed by atoms with van der Waals surface area (Å²) < 4.78 is 2.24. The molecule has 2 aliphatic rings. The van der Waals surface area contributed by atoms with Gasteiger partial charge in [0, 0.05) is 38.7 Å². The zero-order valence-corrected chi connectivity index (χ0v) is 29.5. The number of nitriles is 3. The number of hydrogen-bond donors (Lipinski definition) is 0. The Kier molecular flexibility index (Phi) is 8.10. The van der Waals surface area contributed by atoms with Crippen LogP contribution in [0.1, 0.15) is 61.8 Å². The van der Waals surface area contributed by atoms with Gasteiger partial charge in [0.05, 0.1) is 40.0 Å². The van der Waals surface area contributed by atoms with Crippen LogP contribution in [0.4, 0.5) is 5.69 Å². The van der Waals surface area contributed by atoms with Crippen molar-refractivity contribution in [2.75, 3.05) is 4.90 Å². The molecular weight excluding hydrogens is 635 g/mol. The quantitative estimate of drug-likeness (QED) is 0.169. The second-order valence-electron chi connectivity index (χ2n) is 14.0. The van der Waals surface area contributed by atoms with Crippen molar-refractivity contribution in [2.24, 2.45) is 0 Å². The maximum Gasteiger partial charge on any atom is 0.101 e. The van der Waals surface area contributed by atoms with Crippen molar-refractivity contribution in [3.8, 4) is 35.0 Å². The monoisotopic (exact) mass is 671 g/mol. The minimum Gasteiger partial charge on any atom is -0.337 e. The Morgan fingerprint density at radius 2 is 1.46 bits per heavy atom. The van der Waals surface area contributed by atoms with E-state index in [1.54, 1.807) is 6.07 Å². The summed E-state index contributed by atoms with van der Waals surface area (Å²) in [7, 11) is 0. The van der Waals surface area contributed by atoms with Crippen molar-refractivity contribution in [1.82, 2.24) is 4.57 Å². The number of allylic oxidation sites excluding steroid dienone is 4. The van der Waals surface area contributed by atoms with Gasteiger partial charge in [0.2, 0.25) is 0 Å². The highest BCUT2D eigenvalue weighted by atomic mass is 15.2. The van der Waals surface area contributed by atoms with Crippen molar-refractivity contribution >= 4 is 27.5 Å². The third-order valence-corrected chi connectivity index (χ3v) is 10.9. The van der Waals surface area contributed by atoms with Gasteiger partial charge in [-0.15, -0.1) is 0 Å². The van der Waals surface area contributed by atoms with E-state index in [4.69, 9.17) is 0 Å². The summed E-state index contributed by atoms with van der Waals surface area (Å²) in [5.41, 5.74) is 10.5. The SMILES string of the molecule is CC/C=C(\CC(C)c1ccccc1-c1c(-n2c3ccccc3c3ccccc32)ccc(C#N)c1C#N)N1c2ccccc2C2(C)C=C(C#N)C=CC12. The van der Waals surface area contributed by atoms with Crippen LogP contribution in [0, 0.1) is 34.0 Å². The Bertz CT molecular complexity index is 2580. The molecule has 3 atom stereocenters. The number of aromatic nitrogens is 1. The molecule has 0 saturated heterocycles. The molecule has 5 heteroatoms. The molecule has 8 rings (SSSR count). The molecule has 1 aliphatic heterocycles. The second-order valence-corrected chi connectivity index (χ2v) is 14.0. The Hall–Kier alpha value is -6.61. The van der Waals surface area contributed by atoms with Gasteiger partial charge in [-0.3, -0.25) is 0 Å². The standard InChI is InChI=1S/C47H37N5/c1-4-13-34(51-43-21-12-9-18-40(43)47(3)27-32(28-48)22-25-45(47)51)26-31(2)35-14-5-6-17-38(35)46-39(30-50)33(29-49)23-24-44(46)52-41-19-10-7-15-36(41)37-16-8-11-20-42(37)52/h5-25,27,31,45H,4,26H2,1-3H3/b34-13+. The maximum absolute atomic E-state index is 10.7. The van der Waals surface area contributed by atoms with Crippen LogP contribution in [0.5, 0.6) is 0 Å². The van der Waals surface area contributed by atoms with Crippen molar-refractivity contribution in [3.05, 3.63) is 167 Å². The molecule has 1 aliphatic carbocycles. The van der Waals surface area contributed by atoms with Crippen molar-refractivity contribution in [2.45, 2.75) is 51.0 Å². The van der Waals surface area contributed by atoms with Crippen LogP contribution in [0.3, 0.4) is 0 Å². The summed E-state index contributed by atoms with van der Waals surface area (Å²) in [5.74, 6) is 0.0501. The number of hydrogen-bond acceptors (Lipinski definition) is 4. The molecule has 0 bridgehead atoms. The smallest absolute Gasteiger partial charge is 0.101 e. The van der Waals surface area contributed by atoms with Crippen molar-refractivity contribution in [1.29, 1.82) is 15.8 Å². The molecule has 1 aromatic heterocycles. The molecule has 5 nitrogen and oxygen atoms in total. The summed E-state index contributed by atoms with van der Waals surface area (Å²) in [4.78, 5) is 2.47. The molecule has 0 radical (unpaired) electrons. The topological polar surface area (TPSA) is 79.5 Å². The highest BCUT2D eigenvalue weighted by molar-refractivity contribution is 6.10. The van der Waals surface area contributed by atoms with Gasteiger partial charge < -0.3 is 9.47 Å². The van der Waals surface area contributed by atoms with Crippen LogP contribution in [0.25, 0.3) is 38.6 Å². The predicted molar refractivity (Wildman–Crippen MR) is 210 cm³/mol. The molecule has 0 saturated carbocycles. The molecular formula is C47H37N5. The zero-order valence-electron chi connectivity index (χ0n) is 29.5. The second kappa shape index (κ2) is 12.9. The third-order valence-electron chi connectivity index (χ3n) is 10.9. The van der Waals surface area contributed by atoms with E-state index >= 15 is 0 Å². The highest BCUT2D eigenvalue weighted by Gasteiger charge is 2.47. The lowest BCUT2D eigenvalue weighted by atomic mass is 9.74. The Balaban J connectivity index is 1.29. The number of nitrogens with zero attached hydrogens (tertiary/aromatic N) is 5. The van der Waals surface area contributed by atoms with E-state index < -0.39 is 0 Å². The van der Waals surface area contributed by atoms with Crippen molar-refractivity contribution in [3.63, 3.8) is 0 Å². The molecule has 0 fully saturated rings. The van der Waals surface area contributed by atoms with Gasteiger partial charge in [-0.2, -0.15) is 15.8 Å². The van der Waals surface area contributed by atoms with E-state index in [0.29, 0.717) is 16.7 Å². The van der Waals surface area contributed by atoms with Crippen LogP contribution in [-0.4, -0.2) is 10.6 Å². The summed E-state index contributed by atoms with van der Waals surface area (Å²) in [5, 5.41) is 33.1. The van der Waals surface area contributed by atoms with E-state index in [0.717, 1.165) is 62.7 Å². The number of benzene rings is 5. The Labute approximate surface area is 304 Å². The number of anilines is 1. The molecule has 0 amide bonds. The van der Waals surface area contributed by atoms with Gasteiger partial charge in [-0.1, -0.05) is 111 Å². The van der Waals surface area contributed by atoms with Gasteiger partial charge >= 0.3 is 0 Å². The van der Waals surface area contributed by atoms with E-state index in [1.807, 2.05) is 30.3 Å². The molecule has 52 heavy (non-hydrogen) atoms. The average molecular weight is 672 g/mol. The fraction of sp³-hybridized carbons (Fsp3) is 0.170. The van der Waals surface area contributed by atoms with Crippen LogP contribution in [0.2, 0.25) is 0 Å². The van der Waals surface area contributed by atoms with Crippen LogP contribution >= 0.6 is 0 Å². The minimum absolute atomic E-state index is 0.0293. The van der Waals surface area contributed by atoms with E-state index in [1.165, 1.54) is 11.3 Å². The van der Waals surface area contributed by atoms with E-state index in [2.05, 4.69) is 146 Å². The van der Waals surface area contributed by atoms with Gasteiger partial charge in [-0.25, -0.2) is 0 Å². The van der Waals surface area contributed by atoms with Gasteiger partial charge in [0.25, 0.3) is 0 Å². The van der Waals surface area contributed by atoms with E-state index in [-0.39, 0.29) is 17.4 Å². The Morgan fingerprint density at radius 3 is 2.15 bits per heavy atom. The van der Waals surface area contributed by atoms with Crippen LogP contribution in [0.15, 0.2) is 145 Å². The van der Waals surface area contributed by atoms with Gasteiger partial charge in [-0.05, 0) is 78.8 Å². The van der Waals surface area contributed by atoms with Crippen molar-refractivity contribution < 1.29 is 0 Å². The normalized spacial score (nSPS) is 18.3. The zero-order chi connectivity index (χ0) is 36.0. The molecule has 250 valence electrons. The first-order chi connectivity index (χ1) is 25.4. The molecule has 6 aromatic rings. The maximum atomic E-state index is 10.7. The van der Waals surface area contributed by atoms with Gasteiger partial charge in [0.1, 0.15) is 12.1 Å². The lowest BCUT2D eigenvalue weighted by Gasteiger charge is -2.37. The fourth-order valence-corrected chi connectivity index (χ4v) is 8.67. The van der Waals surface area contributed by atoms with Crippen LogP contribution < -0.4 is 4.90 Å². The fourth-order valence-electron chi connectivity index (χ4n) is 8.67. The summed E-state index contributed by atoms with van der Waals surface area (Å²) >= 11 is 0. The summed E-state index contributed by atoms with van der Waals surface area (Å²) in [6, 6.07) is 44.6. The molecule has 2 heterocycles. The lowest BCUT2D eigenvalue weighted by molar-refractivity contribution is 0.531. The average Bonchev–Trinajstić information content (AvgIpc) is 3.66. The lowest BCUT2D eigenvalue weighted by Crippen LogP contribution is -2.41. The highest BCUT2D eigenvalue weighted by Crippen LogP contribution is 2.52. The number of rotatable bonds is 7. The minimum atomic E-state index is -0.346. The number of fused-ring (bicyclic) bond motifs is 6. The first-order valence-electron chi connectivity index (χ1n) is 17.9. The molecule has 0 spiro atoms. The van der Waals surface area contributed by atoms with Crippen LogP contribution in [-0.2, 0) is 5.41 Å². The first kappa shape index (κ1) is 32.6. The molecule has 3 unspecified atom stereocenters. The summed E-state index contributed by atoms with van der Waals surface area (Å²) in [6.45, 7) is 6.67. The largest absolute Gasteiger partial charge is 0.337 e. The third kappa shape index (κ3) is 4.96. The molecule has 5 aromatic carbocycles.